The molecule has 3 rings (SSSR count). The highest BCUT2D eigenvalue weighted by atomic mass is 32.1. The smallest absolute Gasteiger partial charge is 0.338 e. The molecule has 1 N–H and O–H groups in total. The van der Waals surface area contributed by atoms with Crippen LogP contribution in [0.1, 0.15) is 10.4 Å². The molecule has 1 aromatic carbocycles. The van der Waals surface area contributed by atoms with Gasteiger partial charge in [0.1, 0.15) is 0 Å². The molecule has 17 heavy (non-hydrogen) atoms. The number of benzene rings is 1. The second-order valence-corrected chi connectivity index (χ2v) is 4.00. The second kappa shape index (κ2) is 3.53. The molecule has 0 saturated heterocycles. The molecule has 1 aromatic heterocycles. The molecule has 1 aliphatic heterocycles. The van der Waals surface area contributed by atoms with Gasteiger partial charge in [-0.2, -0.15) is 0 Å². The molecule has 0 spiro atoms. The van der Waals surface area contributed by atoms with Crippen LogP contribution in [0.2, 0.25) is 0 Å². The van der Waals surface area contributed by atoms with Gasteiger partial charge in [0, 0.05) is 22.5 Å². The average molecular weight is 249 g/mol. The maximum absolute atomic E-state index is 11.0. The van der Waals surface area contributed by atoms with Crippen molar-refractivity contribution in [1.29, 1.82) is 0 Å². The van der Waals surface area contributed by atoms with Gasteiger partial charge in [-0.1, -0.05) is 0 Å². The van der Waals surface area contributed by atoms with Crippen LogP contribution in [-0.4, -0.2) is 22.9 Å². The van der Waals surface area contributed by atoms with Gasteiger partial charge in [0.15, 0.2) is 11.5 Å². The third-order valence-corrected chi connectivity index (χ3v) is 3.05. The summed E-state index contributed by atoms with van der Waals surface area (Å²) in [5, 5.41) is 9.61. The third kappa shape index (κ3) is 1.49. The molecule has 0 radical (unpaired) electrons. The first-order chi connectivity index (χ1) is 8.16. The van der Waals surface area contributed by atoms with Crippen molar-refractivity contribution in [3.05, 3.63) is 23.9 Å². The summed E-state index contributed by atoms with van der Waals surface area (Å²) in [5.41, 5.74) is 0.698. The molecule has 0 fully saturated rings. The van der Waals surface area contributed by atoms with Crippen LogP contribution in [-0.2, 0) is 0 Å². The van der Waals surface area contributed by atoms with Gasteiger partial charge >= 0.3 is 5.97 Å². The number of thiol groups is 1. The number of hydrogen-bond acceptors (Lipinski definition) is 5. The molecule has 2 heterocycles. The second-order valence-electron chi connectivity index (χ2n) is 3.55. The van der Waals surface area contributed by atoms with Gasteiger partial charge in [-0.05, 0) is 6.07 Å². The minimum Gasteiger partial charge on any atom is -0.478 e. The summed E-state index contributed by atoms with van der Waals surface area (Å²) in [6, 6.07) is 3.41. The fourth-order valence-electron chi connectivity index (χ4n) is 1.72. The van der Waals surface area contributed by atoms with Gasteiger partial charge in [0.25, 0.3) is 0 Å². The number of aromatic carboxylic acids is 1. The number of aromatic nitrogens is 1. The van der Waals surface area contributed by atoms with Crippen LogP contribution in [0.4, 0.5) is 0 Å². The van der Waals surface area contributed by atoms with Crippen molar-refractivity contribution in [1.82, 2.24) is 4.98 Å². The van der Waals surface area contributed by atoms with Crippen molar-refractivity contribution < 1.29 is 19.4 Å². The molecule has 0 bridgehead atoms. The van der Waals surface area contributed by atoms with Crippen molar-refractivity contribution in [2.75, 3.05) is 6.79 Å². The summed E-state index contributed by atoms with van der Waals surface area (Å²) in [7, 11) is 0. The van der Waals surface area contributed by atoms with Crippen molar-refractivity contribution in [2.45, 2.75) is 4.90 Å². The van der Waals surface area contributed by atoms with E-state index in [1.807, 2.05) is 0 Å². The van der Waals surface area contributed by atoms with E-state index in [0.29, 0.717) is 27.3 Å². The molecule has 0 saturated carbocycles. The lowest BCUT2D eigenvalue weighted by molar-refractivity contribution is 0.0693. The van der Waals surface area contributed by atoms with Crippen LogP contribution >= 0.6 is 12.6 Å². The average Bonchev–Trinajstić information content (AvgIpc) is 2.73. The van der Waals surface area contributed by atoms with Crippen LogP contribution in [0.25, 0.3) is 10.9 Å². The molecule has 5 nitrogen and oxygen atoms in total. The van der Waals surface area contributed by atoms with Gasteiger partial charge in [0.2, 0.25) is 6.79 Å². The van der Waals surface area contributed by atoms with Crippen LogP contribution in [0, 0.1) is 0 Å². The van der Waals surface area contributed by atoms with E-state index in [0.717, 1.165) is 0 Å². The first-order valence-electron chi connectivity index (χ1n) is 4.81. The molecule has 86 valence electrons. The zero-order chi connectivity index (χ0) is 12.0. The summed E-state index contributed by atoms with van der Waals surface area (Å²) in [6.45, 7) is 0.166. The van der Waals surface area contributed by atoms with E-state index < -0.39 is 5.97 Å². The van der Waals surface area contributed by atoms with Crippen LogP contribution in [0.15, 0.2) is 23.2 Å². The monoisotopic (exact) mass is 249 g/mol. The zero-order valence-electron chi connectivity index (χ0n) is 8.51. The minimum absolute atomic E-state index is 0.0692. The van der Waals surface area contributed by atoms with Gasteiger partial charge in [-0.25, -0.2) is 4.79 Å². The number of nitrogens with zero attached hydrogens (tertiary/aromatic N) is 1. The zero-order valence-corrected chi connectivity index (χ0v) is 9.40. The number of rotatable bonds is 1. The number of carboxylic acid groups (broad SMARTS) is 1. The number of carboxylic acids is 1. The number of ether oxygens (including phenoxy) is 2. The summed E-state index contributed by atoms with van der Waals surface area (Å²) >= 11 is 4.23. The van der Waals surface area contributed by atoms with Crippen LogP contribution in [0.3, 0.4) is 0 Å². The largest absolute Gasteiger partial charge is 0.478 e. The summed E-state index contributed by atoms with van der Waals surface area (Å²) < 4.78 is 10.5. The molecule has 2 aromatic rings. The van der Waals surface area contributed by atoms with Crippen molar-refractivity contribution in [2.24, 2.45) is 0 Å². The Morgan fingerprint density at radius 3 is 2.76 bits per heavy atom. The quantitative estimate of drug-likeness (QED) is 0.756. The number of fused-ring (bicyclic) bond motifs is 2. The third-order valence-electron chi connectivity index (χ3n) is 2.56. The highest BCUT2D eigenvalue weighted by molar-refractivity contribution is 7.80. The van der Waals surface area contributed by atoms with Gasteiger partial charge < -0.3 is 14.6 Å². The normalized spacial score (nSPS) is 13.0. The van der Waals surface area contributed by atoms with Gasteiger partial charge in [-0.15, -0.1) is 12.6 Å². The molecule has 0 atom stereocenters. The van der Waals surface area contributed by atoms with Crippen molar-refractivity contribution >= 4 is 29.5 Å². The Morgan fingerprint density at radius 2 is 2.06 bits per heavy atom. The predicted molar refractivity (Wildman–Crippen MR) is 62.1 cm³/mol. The van der Waals surface area contributed by atoms with E-state index >= 15 is 0 Å². The Balaban J connectivity index is 2.32. The summed E-state index contributed by atoms with van der Waals surface area (Å²) in [5.74, 6) is 0.139. The molecular formula is C11H7NO4S. The van der Waals surface area contributed by atoms with Gasteiger partial charge in [-0.3, -0.25) is 4.98 Å². The SMILES string of the molecule is O=C(O)c1cnc2cc3c(cc2c1S)OCO3. The van der Waals surface area contributed by atoms with E-state index in [1.54, 1.807) is 12.1 Å². The topological polar surface area (TPSA) is 68.7 Å². The fraction of sp³-hybridized carbons (Fsp3) is 0.0909. The lowest BCUT2D eigenvalue weighted by Crippen LogP contribution is -1.99. The fourth-order valence-corrected chi connectivity index (χ4v) is 2.06. The molecule has 0 amide bonds. The molecule has 6 heteroatoms. The van der Waals surface area contributed by atoms with Gasteiger partial charge in [0.05, 0.1) is 11.1 Å². The highest BCUT2D eigenvalue weighted by Gasteiger charge is 2.18. The summed E-state index contributed by atoms with van der Waals surface area (Å²) in [6.07, 6.45) is 1.29. The number of carbonyl (C=O) groups is 1. The van der Waals surface area contributed by atoms with E-state index in [-0.39, 0.29) is 12.4 Å². The van der Waals surface area contributed by atoms with E-state index in [4.69, 9.17) is 14.6 Å². The maximum atomic E-state index is 11.0. The summed E-state index contributed by atoms with van der Waals surface area (Å²) in [4.78, 5) is 15.4. The van der Waals surface area contributed by atoms with Crippen molar-refractivity contribution in [3.8, 4) is 11.5 Å². The maximum Gasteiger partial charge on any atom is 0.338 e. The standard InChI is InChI=1S/C11H7NO4S/c13-11(14)6-3-12-7-2-9-8(15-4-16-9)1-5(7)10(6)17/h1-3H,4H2,(H,12,17)(H,13,14). The molecule has 1 aliphatic rings. The van der Waals surface area contributed by atoms with E-state index in [2.05, 4.69) is 17.6 Å². The Bertz CT molecular complexity index is 641. The number of pyridine rings is 1. The molecule has 0 aliphatic carbocycles. The number of hydrogen-bond donors (Lipinski definition) is 2. The minimum atomic E-state index is -1.05. The highest BCUT2D eigenvalue weighted by Crippen LogP contribution is 2.37. The Kier molecular flexibility index (Phi) is 2.12. The van der Waals surface area contributed by atoms with Crippen LogP contribution < -0.4 is 9.47 Å². The molecule has 0 unspecified atom stereocenters. The van der Waals surface area contributed by atoms with E-state index in [9.17, 15) is 4.79 Å². The predicted octanol–water partition coefficient (Wildman–Crippen LogP) is 1.95. The Hall–Kier alpha value is -1.95. The van der Waals surface area contributed by atoms with Crippen LogP contribution in [0.5, 0.6) is 11.5 Å². The Morgan fingerprint density at radius 1 is 1.35 bits per heavy atom. The molecular weight excluding hydrogens is 242 g/mol. The first kappa shape index (κ1) is 10.2. The lowest BCUT2D eigenvalue weighted by Gasteiger charge is -2.05. The van der Waals surface area contributed by atoms with E-state index in [1.165, 1.54) is 6.20 Å². The Labute approximate surface area is 101 Å². The van der Waals surface area contributed by atoms with Crippen molar-refractivity contribution in [3.63, 3.8) is 0 Å². The lowest BCUT2D eigenvalue weighted by atomic mass is 10.1. The first-order valence-corrected chi connectivity index (χ1v) is 5.26.